The van der Waals surface area contributed by atoms with E-state index in [1.165, 1.54) is 6.20 Å². The molecule has 1 aromatic heterocycles. The Balaban J connectivity index is 2.06. The van der Waals surface area contributed by atoms with Crippen LogP contribution in [0.25, 0.3) is 0 Å². The van der Waals surface area contributed by atoms with E-state index in [0.717, 1.165) is 25.7 Å². The Morgan fingerprint density at radius 1 is 1.53 bits per heavy atom. The fraction of sp³-hybridized carbons (Fsp3) is 0.571. The second kappa shape index (κ2) is 5.88. The third-order valence-corrected chi connectivity index (χ3v) is 4.10. The van der Waals surface area contributed by atoms with Gasteiger partial charge in [-0.1, -0.05) is 18.5 Å². The average Bonchev–Trinajstić information content (AvgIpc) is 2.42. The Morgan fingerprint density at radius 3 is 2.74 bits per heavy atom. The van der Waals surface area contributed by atoms with Gasteiger partial charge in [0.1, 0.15) is 5.69 Å². The summed E-state index contributed by atoms with van der Waals surface area (Å²) in [4.78, 5) is 16.1. The van der Waals surface area contributed by atoms with Crippen molar-refractivity contribution in [2.45, 2.75) is 38.1 Å². The number of nitrogens with one attached hydrogen (secondary N) is 1. The van der Waals surface area contributed by atoms with Crippen LogP contribution < -0.4 is 5.32 Å². The van der Waals surface area contributed by atoms with Crippen LogP contribution in [-0.4, -0.2) is 28.1 Å². The second-order valence-electron chi connectivity index (χ2n) is 5.44. The number of aliphatic hydroxyl groups excluding tert-OH is 1. The molecule has 4 nitrogen and oxygen atoms in total. The van der Waals surface area contributed by atoms with Gasteiger partial charge in [0.05, 0.1) is 17.2 Å². The van der Waals surface area contributed by atoms with Gasteiger partial charge in [-0.3, -0.25) is 4.79 Å². The molecule has 0 bridgehead atoms. The van der Waals surface area contributed by atoms with Crippen LogP contribution in [0, 0.1) is 5.92 Å². The van der Waals surface area contributed by atoms with E-state index in [4.69, 9.17) is 11.6 Å². The number of rotatable bonds is 3. The third-order valence-electron chi connectivity index (χ3n) is 3.87. The van der Waals surface area contributed by atoms with E-state index in [1.54, 1.807) is 12.1 Å². The molecule has 0 unspecified atom stereocenters. The van der Waals surface area contributed by atoms with E-state index >= 15 is 0 Å². The van der Waals surface area contributed by atoms with Crippen LogP contribution in [0.5, 0.6) is 0 Å². The Kier molecular flexibility index (Phi) is 4.42. The molecule has 1 aromatic rings. The van der Waals surface area contributed by atoms with Crippen molar-refractivity contribution in [3.63, 3.8) is 0 Å². The summed E-state index contributed by atoms with van der Waals surface area (Å²) in [6, 6.07) is 3.23. The first-order valence-corrected chi connectivity index (χ1v) is 6.97. The molecule has 0 aliphatic heterocycles. The van der Waals surface area contributed by atoms with Crippen molar-refractivity contribution in [2.75, 3.05) is 6.61 Å². The van der Waals surface area contributed by atoms with Gasteiger partial charge in [0.15, 0.2) is 0 Å². The Bertz CT molecular complexity index is 439. The quantitative estimate of drug-likeness (QED) is 0.895. The second-order valence-corrected chi connectivity index (χ2v) is 5.87. The van der Waals surface area contributed by atoms with Gasteiger partial charge in [-0.2, -0.15) is 0 Å². The molecule has 1 heterocycles. The first kappa shape index (κ1) is 14.3. The van der Waals surface area contributed by atoms with E-state index in [2.05, 4.69) is 17.2 Å². The molecule has 1 aliphatic carbocycles. The molecule has 2 rings (SSSR count). The van der Waals surface area contributed by atoms with E-state index in [-0.39, 0.29) is 12.5 Å². The lowest BCUT2D eigenvalue weighted by Crippen LogP contribution is -2.53. The zero-order valence-electron chi connectivity index (χ0n) is 11.0. The van der Waals surface area contributed by atoms with Crippen molar-refractivity contribution in [3.8, 4) is 0 Å². The van der Waals surface area contributed by atoms with Crippen LogP contribution in [0.2, 0.25) is 5.02 Å². The highest BCUT2D eigenvalue weighted by Crippen LogP contribution is 2.31. The number of pyridine rings is 1. The summed E-state index contributed by atoms with van der Waals surface area (Å²) < 4.78 is 0. The zero-order chi connectivity index (χ0) is 13.9. The molecule has 104 valence electrons. The fourth-order valence-electron chi connectivity index (χ4n) is 2.45. The maximum Gasteiger partial charge on any atom is 0.270 e. The standard InChI is InChI=1S/C14H19ClN2O2/c1-10-4-6-14(9-18,7-5-10)17-13(19)12-3-2-11(15)8-16-12/h2-3,8,10,18H,4-7,9H2,1H3,(H,17,19). The van der Waals surface area contributed by atoms with Gasteiger partial charge in [0.2, 0.25) is 0 Å². The van der Waals surface area contributed by atoms with Crippen molar-refractivity contribution in [2.24, 2.45) is 5.92 Å². The van der Waals surface area contributed by atoms with Crippen molar-refractivity contribution >= 4 is 17.5 Å². The minimum Gasteiger partial charge on any atom is -0.394 e. The van der Waals surface area contributed by atoms with Gasteiger partial charge in [-0.25, -0.2) is 4.98 Å². The maximum absolute atomic E-state index is 12.1. The summed E-state index contributed by atoms with van der Waals surface area (Å²) in [5.74, 6) is 0.408. The van der Waals surface area contributed by atoms with Gasteiger partial charge >= 0.3 is 0 Å². The average molecular weight is 283 g/mol. The maximum atomic E-state index is 12.1. The Labute approximate surface area is 118 Å². The summed E-state index contributed by atoms with van der Waals surface area (Å²) >= 11 is 5.74. The highest BCUT2D eigenvalue weighted by atomic mass is 35.5. The first-order valence-electron chi connectivity index (χ1n) is 6.60. The lowest BCUT2D eigenvalue weighted by molar-refractivity contribution is 0.0712. The molecule has 0 aromatic carbocycles. The predicted molar refractivity (Wildman–Crippen MR) is 74.2 cm³/mol. The van der Waals surface area contributed by atoms with Crippen molar-refractivity contribution < 1.29 is 9.90 Å². The molecule has 0 spiro atoms. The smallest absolute Gasteiger partial charge is 0.270 e. The number of hydrogen-bond acceptors (Lipinski definition) is 3. The van der Waals surface area contributed by atoms with E-state index < -0.39 is 5.54 Å². The van der Waals surface area contributed by atoms with Crippen molar-refractivity contribution in [3.05, 3.63) is 29.0 Å². The van der Waals surface area contributed by atoms with E-state index in [0.29, 0.717) is 16.6 Å². The largest absolute Gasteiger partial charge is 0.394 e. The minimum atomic E-state index is -0.495. The molecule has 5 heteroatoms. The highest BCUT2D eigenvalue weighted by Gasteiger charge is 2.35. The third kappa shape index (κ3) is 3.45. The number of carbonyl (C=O) groups excluding carboxylic acids is 1. The van der Waals surface area contributed by atoms with Gasteiger partial charge < -0.3 is 10.4 Å². The van der Waals surface area contributed by atoms with E-state index in [9.17, 15) is 9.90 Å². The topological polar surface area (TPSA) is 62.2 Å². The van der Waals surface area contributed by atoms with Gasteiger partial charge in [-0.05, 0) is 43.7 Å². The van der Waals surface area contributed by atoms with Crippen LogP contribution in [0.3, 0.4) is 0 Å². The van der Waals surface area contributed by atoms with Crippen LogP contribution in [0.4, 0.5) is 0 Å². The van der Waals surface area contributed by atoms with Crippen LogP contribution in [0.15, 0.2) is 18.3 Å². The number of aromatic nitrogens is 1. The first-order chi connectivity index (χ1) is 9.04. The molecular weight excluding hydrogens is 264 g/mol. The molecule has 0 saturated heterocycles. The van der Waals surface area contributed by atoms with Crippen molar-refractivity contribution in [1.29, 1.82) is 0 Å². The summed E-state index contributed by atoms with van der Waals surface area (Å²) in [6.45, 7) is 2.17. The summed E-state index contributed by atoms with van der Waals surface area (Å²) in [7, 11) is 0. The monoisotopic (exact) mass is 282 g/mol. The van der Waals surface area contributed by atoms with Crippen LogP contribution in [-0.2, 0) is 0 Å². The number of nitrogens with zero attached hydrogens (tertiary/aromatic N) is 1. The summed E-state index contributed by atoms with van der Waals surface area (Å²) in [5, 5.41) is 13.1. The normalized spacial score (nSPS) is 27.0. The number of halogens is 1. The number of hydrogen-bond donors (Lipinski definition) is 2. The van der Waals surface area contributed by atoms with Gasteiger partial charge in [0, 0.05) is 6.20 Å². The lowest BCUT2D eigenvalue weighted by atomic mass is 9.77. The summed E-state index contributed by atoms with van der Waals surface area (Å²) in [6.07, 6.45) is 5.11. The zero-order valence-corrected chi connectivity index (χ0v) is 11.8. The molecule has 1 saturated carbocycles. The predicted octanol–water partition coefficient (Wildman–Crippen LogP) is 2.41. The Hall–Kier alpha value is -1.13. The molecule has 0 radical (unpaired) electrons. The SMILES string of the molecule is CC1CCC(CO)(NC(=O)c2ccc(Cl)cn2)CC1. The molecule has 1 fully saturated rings. The highest BCUT2D eigenvalue weighted by molar-refractivity contribution is 6.30. The molecule has 2 N–H and O–H groups in total. The number of aliphatic hydroxyl groups is 1. The number of amides is 1. The fourth-order valence-corrected chi connectivity index (χ4v) is 2.56. The van der Waals surface area contributed by atoms with Gasteiger partial charge in [0.25, 0.3) is 5.91 Å². The molecule has 1 amide bonds. The minimum absolute atomic E-state index is 0.0287. The van der Waals surface area contributed by atoms with E-state index in [1.807, 2.05) is 0 Å². The van der Waals surface area contributed by atoms with Crippen LogP contribution >= 0.6 is 11.6 Å². The summed E-state index contributed by atoms with van der Waals surface area (Å²) in [5.41, 5.74) is -0.166. The van der Waals surface area contributed by atoms with Gasteiger partial charge in [-0.15, -0.1) is 0 Å². The molecular formula is C14H19ClN2O2. The van der Waals surface area contributed by atoms with Crippen LogP contribution in [0.1, 0.15) is 43.1 Å². The molecule has 1 aliphatic rings. The van der Waals surface area contributed by atoms with Crippen molar-refractivity contribution in [1.82, 2.24) is 10.3 Å². The number of carbonyl (C=O) groups is 1. The molecule has 0 atom stereocenters. The molecule has 19 heavy (non-hydrogen) atoms. The Morgan fingerprint density at radius 2 is 2.21 bits per heavy atom. The lowest BCUT2D eigenvalue weighted by Gasteiger charge is -2.38.